The highest BCUT2D eigenvalue weighted by Gasteiger charge is 2.20. The lowest BCUT2D eigenvalue weighted by Gasteiger charge is -2.22. The Balaban J connectivity index is 2.16. The second-order valence-corrected chi connectivity index (χ2v) is 6.15. The molecule has 0 radical (unpaired) electrons. The van der Waals surface area contributed by atoms with E-state index in [-0.39, 0.29) is 5.54 Å². The van der Waals surface area contributed by atoms with Gasteiger partial charge in [-0.25, -0.2) is 14.5 Å². The van der Waals surface area contributed by atoms with Gasteiger partial charge in [-0.1, -0.05) is 23.7 Å². The zero-order valence-electron chi connectivity index (χ0n) is 11.6. The van der Waals surface area contributed by atoms with Crippen molar-refractivity contribution in [3.8, 4) is 11.3 Å². The zero-order chi connectivity index (χ0) is 14.3. The van der Waals surface area contributed by atoms with Crippen LogP contribution in [0.15, 0.2) is 30.6 Å². The fraction of sp³-hybridized carbons (Fsp3) is 0.286. The average Bonchev–Trinajstić information content (AvgIpc) is 2.92. The summed E-state index contributed by atoms with van der Waals surface area (Å²) in [5.41, 5.74) is 1.78. The molecule has 0 spiro atoms. The minimum atomic E-state index is -0.0811. The van der Waals surface area contributed by atoms with E-state index in [0.29, 0.717) is 10.8 Å². The third-order valence-electron chi connectivity index (χ3n) is 2.84. The molecule has 6 heteroatoms. The Hall–Kier alpha value is -2.01. The fourth-order valence-corrected chi connectivity index (χ4v) is 2.17. The Kier molecular flexibility index (Phi) is 2.94. The molecular formula is C14H16ClN5. The summed E-state index contributed by atoms with van der Waals surface area (Å²) in [6.07, 6.45) is 1.63. The van der Waals surface area contributed by atoms with Crippen molar-refractivity contribution >= 4 is 23.2 Å². The molecule has 0 atom stereocenters. The largest absolute Gasteiger partial charge is 0.364 e. The Morgan fingerprint density at radius 3 is 2.55 bits per heavy atom. The summed E-state index contributed by atoms with van der Waals surface area (Å²) in [7, 11) is 0. The molecule has 0 amide bonds. The van der Waals surface area contributed by atoms with E-state index < -0.39 is 0 Å². The summed E-state index contributed by atoms with van der Waals surface area (Å²) in [4.78, 5) is 8.78. The highest BCUT2D eigenvalue weighted by atomic mass is 35.5. The third kappa shape index (κ3) is 2.36. The van der Waals surface area contributed by atoms with Gasteiger partial charge in [0.2, 0.25) is 0 Å². The Morgan fingerprint density at radius 2 is 1.90 bits per heavy atom. The number of benzene rings is 1. The van der Waals surface area contributed by atoms with E-state index in [9.17, 15) is 0 Å². The predicted octanol–water partition coefficient (Wildman–Crippen LogP) is 3.59. The van der Waals surface area contributed by atoms with Crippen LogP contribution in [0.5, 0.6) is 0 Å². The minimum Gasteiger partial charge on any atom is -0.364 e. The number of imidazole rings is 1. The minimum absolute atomic E-state index is 0.0811. The van der Waals surface area contributed by atoms with Crippen molar-refractivity contribution in [1.29, 1.82) is 0 Å². The molecule has 2 N–H and O–H groups in total. The lowest BCUT2D eigenvalue weighted by Crippen LogP contribution is -2.27. The van der Waals surface area contributed by atoms with Gasteiger partial charge >= 0.3 is 0 Å². The van der Waals surface area contributed by atoms with Crippen LogP contribution in [0, 0.1) is 0 Å². The molecule has 0 aliphatic carbocycles. The van der Waals surface area contributed by atoms with Crippen LogP contribution in [-0.2, 0) is 0 Å². The van der Waals surface area contributed by atoms with Crippen LogP contribution in [0.3, 0.4) is 0 Å². The van der Waals surface area contributed by atoms with E-state index in [1.807, 2.05) is 28.8 Å². The first-order valence-corrected chi connectivity index (χ1v) is 6.78. The van der Waals surface area contributed by atoms with Gasteiger partial charge in [0, 0.05) is 16.1 Å². The van der Waals surface area contributed by atoms with Crippen LogP contribution in [-0.4, -0.2) is 25.1 Å². The molecule has 0 unspecified atom stereocenters. The van der Waals surface area contributed by atoms with Gasteiger partial charge < -0.3 is 5.32 Å². The second kappa shape index (κ2) is 4.52. The number of aromatic nitrogens is 4. The van der Waals surface area contributed by atoms with Crippen LogP contribution in [0.4, 0.5) is 5.82 Å². The molecule has 2 heterocycles. The number of hydrogen-bond donors (Lipinski definition) is 2. The second-order valence-electron chi connectivity index (χ2n) is 5.71. The normalized spacial score (nSPS) is 12.0. The number of rotatable bonds is 2. The molecule has 3 rings (SSSR count). The number of halogens is 1. The van der Waals surface area contributed by atoms with Crippen LogP contribution >= 0.6 is 11.6 Å². The summed E-state index contributed by atoms with van der Waals surface area (Å²) < 4.78 is 1.84. The maximum atomic E-state index is 5.94. The van der Waals surface area contributed by atoms with Gasteiger partial charge in [-0.15, -0.1) is 0 Å². The van der Waals surface area contributed by atoms with E-state index in [4.69, 9.17) is 11.6 Å². The summed E-state index contributed by atoms with van der Waals surface area (Å²) in [6.45, 7) is 6.32. The van der Waals surface area contributed by atoms with Gasteiger partial charge in [-0.2, -0.15) is 0 Å². The molecule has 104 valence electrons. The highest BCUT2D eigenvalue weighted by Crippen LogP contribution is 2.30. The van der Waals surface area contributed by atoms with E-state index in [1.165, 1.54) is 0 Å². The molecule has 1 aromatic carbocycles. The Bertz CT molecular complexity index is 733. The summed E-state index contributed by atoms with van der Waals surface area (Å²) in [5, 5.41) is 7.25. The molecule has 2 aromatic heterocycles. The molecule has 5 nitrogen and oxygen atoms in total. The number of aromatic amines is 1. The van der Waals surface area contributed by atoms with Crippen LogP contribution in [0.1, 0.15) is 20.8 Å². The van der Waals surface area contributed by atoms with Crippen molar-refractivity contribution < 1.29 is 0 Å². The number of nitrogens with one attached hydrogen (secondary N) is 2. The summed E-state index contributed by atoms with van der Waals surface area (Å²) in [5.74, 6) is 1.54. The highest BCUT2D eigenvalue weighted by molar-refractivity contribution is 6.30. The first-order chi connectivity index (χ1) is 9.44. The quantitative estimate of drug-likeness (QED) is 0.758. The number of H-pyrrole nitrogens is 1. The average molecular weight is 290 g/mol. The number of fused-ring (bicyclic) bond motifs is 1. The van der Waals surface area contributed by atoms with E-state index >= 15 is 0 Å². The van der Waals surface area contributed by atoms with E-state index in [0.717, 1.165) is 17.1 Å². The number of hydrogen-bond acceptors (Lipinski definition) is 3. The monoisotopic (exact) mass is 289 g/mol. The third-order valence-corrected chi connectivity index (χ3v) is 3.09. The molecular weight excluding hydrogens is 274 g/mol. The van der Waals surface area contributed by atoms with E-state index in [2.05, 4.69) is 41.2 Å². The maximum absolute atomic E-state index is 5.94. The first kappa shape index (κ1) is 13.0. The van der Waals surface area contributed by atoms with Gasteiger partial charge in [0.1, 0.15) is 12.0 Å². The lowest BCUT2D eigenvalue weighted by molar-refractivity contribution is 0.627. The fourth-order valence-electron chi connectivity index (χ4n) is 2.04. The summed E-state index contributed by atoms with van der Waals surface area (Å²) in [6, 6.07) is 7.63. The lowest BCUT2D eigenvalue weighted by atomic mass is 10.1. The Morgan fingerprint density at radius 1 is 1.20 bits per heavy atom. The molecule has 0 aliphatic rings. The topological polar surface area (TPSA) is 58.0 Å². The van der Waals surface area contributed by atoms with Crippen molar-refractivity contribution in [3.63, 3.8) is 0 Å². The van der Waals surface area contributed by atoms with Crippen molar-refractivity contribution in [2.24, 2.45) is 0 Å². The van der Waals surface area contributed by atoms with Crippen molar-refractivity contribution in [2.45, 2.75) is 26.3 Å². The standard InChI is InChI=1S/C14H16ClN5/c1-14(2,3)19-12-11(9-4-6-10(15)7-5-9)18-13-16-8-17-20(12)13/h4-8,19H,1-3H3,(H,16,17,18). The Labute approximate surface area is 122 Å². The van der Waals surface area contributed by atoms with Gasteiger partial charge in [0.15, 0.2) is 5.82 Å². The zero-order valence-corrected chi connectivity index (χ0v) is 12.4. The smallest absolute Gasteiger partial charge is 0.252 e. The van der Waals surface area contributed by atoms with Gasteiger partial charge in [-0.3, -0.25) is 5.10 Å². The first-order valence-electron chi connectivity index (χ1n) is 6.40. The predicted molar refractivity (Wildman–Crippen MR) is 81.2 cm³/mol. The molecule has 3 aromatic rings. The molecule has 0 bridgehead atoms. The molecule has 0 saturated heterocycles. The maximum Gasteiger partial charge on any atom is 0.252 e. The van der Waals surface area contributed by atoms with Crippen molar-refractivity contribution in [1.82, 2.24) is 19.6 Å². The van der Waals surface area contributed by atoms with Gasteiger partial charge in [0.25, 0.3) is 5.78 Å². The van der Waals surface area contributed by atoms with E-state index in [1.54, 1.807) is 6.33 Å². The van der Waals surface area contributed by atoms with Crippen LogP contribution in [0.2, 0.25) is 5.02 Å². The molecule has 20 heavy (non-hydrogen) atoms. The SMILES string of the molecule is CC(C)(C)Nc1c(-c2ccc(Cl)cc2)nc2nc[nH]n12. The molecule has 0 fully saturated rings. The number of anilines is 1. The van der Waals surface area contributed by atoms with Crippen LogP contribution in [0.25, 0.3) is 17.0 Å². The van der Waals surface area contributed by atoms with Crippen molar-refractivity contribution in [2.75, 3.05) is 5.32 Å². The molecule has 0 aliphatic heterocycles. The summed E-state index contributed by atoms with van der Waals surface area (Å²) >= 11 is 5.94. The van der Waals surface area contributed by atoms with Gasteiger partial charge in [0.05, 0.1) is 0 Å². The molecule has 0 saturated carbocycles. The number of nitrogens with zero attached hydrogens (tertiary/aromatic N) is 3. The van der Waals surface area contributed by atoms with Crippen molar-refractivity contribution in [3.05, 3.63) is 35.6 Å². The van der Waals surface area contributed by atoms with Gasteiger partial charge in [-0.05, 0) is 32.9 Å². The van der Waals surface area contributed by atoms with Crippen LogP contribution < -0.4 is 5.32 Å².